The molecule has 0 amide bonds. The number of carbonyl (C=O) groups excluding carboxylic acids is 1. The zero-order chi connectivity index (χ0) is 14.1. The Morgan fingerprint density at radius 2 is 2.29 bits per heavy atom. The van der Waals surface area contributed by atoms with Crippen LogP contribution in [0.3, 0.4) is 0 Å². The Morgan fingerprint density at radius 1 is 1.48 bits per heavy atom. The van der Waals surface area contributed by atoms with Crippen molar-refractivity contribution in [2.75, 3.05) is 13.6 Å². The van der Waals surface area contributed by atoms with Crippen LogP contribution < -0.4 is 63.3 Å². The van der Waals surface area contributed by atoms with E-state index in [1.807, 2.05) is 12.3 Å². The molecule has 2 aromatic rings. The van der Waals surface area contributed by atoms with E-state index in [9.17, 15) is 9.90 Å². The molecule has 0 bridgehead atoms. The van der Waals surface area contributed by atoms with Crippen LogP contribution in [0.25, 0.3) is 10.9 Å². The summed E-state index contributed by atoms with van der Waals surface area (Å²) >= 11 is 0. The van der Waals surface area contributed by atoms with E-state index in [-0.39, 0.29) is 64.6 Å². The van der Waals surface area contributed by atoms with Gasteiger partial charge >= 0.3 is 58.2 Å². The van der Waals surface area contributed by atoms with Gasteiger partial charge in [-0.2, -0.15) is 0 Å². The second-order valence-electron chi connectivity index (χ2n) is 5.43. The van der Waals surface area contributed by atoms with E-state index >= 15 is 0 Å². The van der Waals surface area contributed by atoms with Gasteiger partial charge in [-0.3, -0.25) is 4.98 Å². The van der Waals surface area contributed by atoms with Gasteiger partial charge in [-0.1, -0.05) is 0 Å². The number of aromatic nitrogens is 2. The zero-order valence-corrected chi connectivity index (χ0v) is 17.5. The maximum atomic E-state index is 10.6. The fraction of sp³-hybridized carbons (Fsp3) is 0.467. The summed E-state index contributed by atoms with van der Waals surface area (Å²) in [4.78, 5) is 17.1. The maximum absolute atomic E-state index is 10.6. The molecule has 21 heavy (non-hydrogen) atoms. The Bertz CT molecular complexity index is 654. The molecular weight excluding hydrogens is 340 g/mol. The van der Waals surface area contributed by atoms with Crippen LogP contribution in [0.4, 0.5) is 0 Å². The molecular formula is C15H18N3O2Rb. The van der Waals surface area contributed by atoms with Crippen LogP contribution in [0.2, 0.25) is 0 Å². The van der Waals surface area contributed by atoms with Gasteiger partial charge in [0.15, 0.2) is 0 Å². The van der Waals surface area contributed by atoms with Crippen molar-refractivity contribution in [2.24, 2.45) is 0 Å². The normalized spacial score (nSPS) is 14.7. The molecule has 0 spiro atoms. The Balaban J connectivity index is 0.00000161. The molecule has 0 fully saturated rings. The Hall–Kier alpha value is -0.0748. The molecule has 3 heterocycles. The fourth-order valence-electron chi connectivity index (χ4n) is 3.06. The first-order valence-electron chi connectivity index (χ1n) is 6.99. The SMILES string of the molecule is CN1CCc2c(c3cnccc3n2CCCC(=O)[O-])C1.[Rb+]. The van der Waals surface area contributed by atoms with Crippen LogP contribution in [-0.4, -0.2) is 34.0 Å². The molecule has 6 heteroatoms. The first-order chi connectivity index (χ1) is 9.66. The molecule has 1 aliphatic heterocycles. The van der Waals surface area contributed by atoms with E-state index in [4.69, 9.17) is 0 Å². The molecule has 0 atom stereocenters. The molecule has 0 saturated carbocycles. The van der Waals surface area contributed by atoms with Crippen molar-refractivity contribution < 1.29 is 68.1 Å². The van der Waals surface area contributed by atoms with Crippen molar-refractivity contribution in [2.45, 2.75) is 32.4 Å². The number of aryl methyl sites for hydroxylation is 1. The number of rotatable bonds is 4. The molecule has 3 rings (SSSR count). The molecule has 106 valence electrons. The molecule has 0 aliphatic carbocycles. The van der Waals surface area contributed by atoms with Gasteiger partial charge in [0.05, 0.1) is 5.52 Å². The maximum Gasteiger partial charge on any atom is 1.00 e. The molecule has 5 nitrogen and oxygen atoms in total. The van der Waals surface area contributed by atoms with Gasteiger partial charge < -0.3 is 19.4 Å². The van der Waals surface area contributed by atoms with Crippen molar-refractivity contribution in [1.29, 1.82) is 0 Å². The number of carboxylic acid groups (broad SMARTS) is 1. The van der Waals surface area contributed by atoms with E-state index in [1.54, 1.807) is 6.20 Å². The molecule has 0 N–H and O–H groups in total. The minimum atomic E-state index is -0.975. The minimum Gasteiger partial charge on any atom is -0.550 e. The molecule has 2 aromatic heterocycles. The Morgan fingerprint density at radius 3 is 3.05 bits per heavy atom. The van der Waals surface area contributed by atoms with Crippen LogP contribution >= 0.6 is 0 Å². The number of pyridine rings is 1. The van der Waals surface area contributed by atoms with Gasteiger partial charge in [-0.15, -0.1) is 0 Å². The van der Waals surface area contributed by atoms with Gasteiger partial charge in [0.2, 0.25) is 0 Å². The topological polar surface area (TPSA) is 61.2 Å². The van der Waals surface area contributed by atoms with E-state index in [1.165, 1.54) is 22.2 Å². The van der Waals surface area contributed by atoms with E-state index in [0.717, 1.165) is 26.1 Å². The summed E-state index contributed by atoms with van der Waals surface area (Å²) in [6.45, 7) is 2.70. The summed E-state index contributed by atoms with van der Waals surface area (Å²) < 4.78 is 2.27. The van der Waals surface area contributed by atoms with E-state index in [0.29, 0.717) is 6.42 Å². The summed E-state index contributed by atoms with van der Waals surface area (Å²) in [5, 5.41) is 11.8. The van der Waals surface area contributed by atoms with Crippen LogP contribution in [0.15, 0.2) is 18.5 Å². The minimum absolute atomic E-state index is 0. The molecule has 0 saturated heterocycles. The van der Waals surface area contributed by atoms with Crippen molar-refractivity contribution in [3.8, 4) is 0 Å². The number of hydrogen-bond donors (Lipinski definition) is 0. The summed E-state index contributed by atoms with van der Waals surface area (Å²) in [6.07, 6.45) is 5.44. The molecule has 0 unspecified atom stereocenters. The first-order valence-corrected chi connectivity index (χ1v) is 6.99. The van der Waals surface area contributed by atoms with Crippen LogP contribution in [0.5, 0.6) is 0 Å². The number of carbonyl (C=O) groups is 1. The predicted octanol–water partition coefficient (Wildman–Crippen LogP) is -2.44. The summed E-state index contributed by atoms with van der Waals surface area (Å²) in [5.41, 5.74) is 3.85. The number of aliphatic carboxylic acids is 1. The van der Waals surface area contributed by atoms with Crippen molar-refractivity contribution in [3.05, 3.63) is 29.7 Å². The van der Waals surface area contributed by atoms with E-state index < -0.39 is 5.97 Å². The van der Waals surface area contributed by atoms with Gasteiger partial charge in [-0.05, 0) is 31.5 Å². The number of hydrogen-bond acceptors (Lipinski definition) is 4. The molecule has 0 radical (unpaired) electrons. The van der Waals surface area contributed by atoms with Crippen LogP contribution in [0.1, 0.15) is 24.1 Å². The van der Waals surface area contributed by atoms with Gasteiger partial charge in [0.25, 0.3) is 0 Å². The zero-order valence-electron chi connectivity index (χ0n) is 12.6. The second-order valence-corrected chi connectivity index (χ2v) is 5.43. The third-order valence-electron chi connectivity index (χ3n) is 4.01. The molecule has 0 aromatic carbocycles. The summed E-state index contributed by atoms with van der Waals surface area (Å²) in [6, 6.07) is 2.02. The third-order valence-corrected chi connectivity index (χ3v) is 4.01. The van der Waals surface area contributed by atoms with Gasteiger partial charge in [-0.25, -0.2) is 0 Å². The third kappa shape index (κ3) is 3.64. The van der Waals surface area contributed by atoms with Gasteiger partial charge in [0, 0.05) is 55.5 Å². The first kappa shape index (κ1) is 17.3. The Labute approximate surface area is 173 Å². The van der Waals surface area contributed by atoms with Crippen LogP contribution in [0, 0.1) is 0 Å². The van der Waals surface area contributed by atoms with Crippen molar-refractivity contribution in [1.82, 2.24) is 14.5 Å². The standard InChI is InChI=1S/C15H19N3O2.Rb/c1-17-8-5-14-12(10-17)11-9-16-6-4-13(11)18(14)7-2-3-15(19)20;/h4,6,9H,2-3,5,7-8,10H2,1H3,(H,19,20);/q;+1/p-1. The van der Waals surface area contributed by atoms with Crippen molar-refractivity contribution >= 4 is 16.9 Å². The van der Waals surface area contributed by atoms with E-state index in [2.05, 4.69) is 21.5 Å². The van der Waals surface area contributed by atoms with Crippen molar-refractivity contribution in [3.63, 3.8) is 0 Å². The Kier molecular flexibility index (Phi) is 6.14. The number of fused-ring (bicyclic) bond motifs is 3. The predicted molar refractivity (Wildman–Crippen MR) is 74.0 cm³/mol. The second kappa shape index (κ2) is 7.46. The van der Waals surface area contributed by atoms with Gasteiger partial charge in [0.1, 0.15) is 0 Å². The largest absolute Gasteiger partial charge is 1.00 e. The van der Waals surface area contributed by atoms with Crippen LogP contribution in [-0.2, 0) is 24.3 Å². The number of carboxylic acids is 1. The quantitative estimate of drug-likeness (QED) is 0.610. The summed E-state index contributed by atoms with van der Waals surface area (Å²) in [5.74, 6) is -0.975. The average Bonchev–Trinajstić information content (AvgIpc) is 2.73. The molecule has 1 aliphatic rings. The number of nitrogens with zero attached hydrogens (tertiary/aromatic N) is 3. The smallest absolute Gasteiger partial charge is 0.550 e. The summed E-state index contributed by atoms with van der Waals surface area (Å²) in [7, 11) is 2.12. The fourth-order valence-corrected chi connectivity index (χ4v) is 3.06. The number of likely N-dealkylation sites (N-methyl/N-ethyl adjacent to an activating group) is 1. The monoisotopic (exact) mass is 357 g/mol. The average molecular weight is 358 g/mol.